The number of anilines is 1. The Morgan fingerprint density at radius 1 is 1.35 bits per heavy atom. The number of nitrogens with zero attached hydrogens (tertiary/aromatic N) is 1. The monoisotopic (exact) mass is 342 g/mol. The second-order valence-corrected chi connectivity index (χ2v) is 5.81. The first-order valence-electron chi connectivity index (χ1n) is 7.12. The van der Waals surface area contributed by atoms with Crippen LogP contribution >= 0.6 is 15.9 Å². The SMILES string of the molecule is COCCNCc1cc(Br)ccc1N1CCCOCC1. The van der Waals surface area contributed by atoms with E-state index in [1.807, 2.05) is 0 Å². The third kappa shape index (κ3) is 4.74. The highest BCUT2D eigenvalue weighted by atomic mass is 79.9. The molecule has 0 aromatic heterocycles. The largest absolute Gasteiger partial charge is 0.383 e. The highest BCUT2D eigenvalue weighted by Gasteiger charge is 2.13. The summed E-state index contributed by atoms with van der Waals surface area (Å²) in [7, 11) is 1.73. The Kier molecular flexibility index (Phi) is 6.79. The van der Waals surface area contributed by atoms with E-state index in [0.717, 1.165) is 56.9 Å². The van der Waals surface area contributed by atoms with Gasteiger partial charge in [0.2, 0.25) is 0 Å². The fraction of sp³-hybridized carbons (Fsp3) is 0.600. The first-order chi connectivity index (χ1) is 9.81. The van der Waals surface area contributed by atoms with Crippen LogP contribution in [0.1, 0.15) is 12.0 Å². The summed E-state index contributed by atoms with van der Waals surface area (Å²) in [5.41, 5.74) is 2.63. The summed E-state index contributed by atoms with van der Waals surface area (Å²) in [4.78, 5) is 2.42. The maximum absolute atomic E-state index is 5.54. The molecule has 0 radical (unpaired) electrons. The smallest absolute Gasteiger partial charge is 0.0641 e. The molecule has 0 aliphatic carbocycles. The van der Waals surface area contributed by atoms with Crippen LogP contribution in [0, 0.1) is 0 Å². The molecular formula is C15H23BrN2O2. The summed E-state index contributed by atoms with van der Waals surface area (Å²) in [6, 6.07) is 6.50. The van der Waals surface area contributed by atoms with Gasteiger partial charge in [-0.1, -0.05) is 15.9 Å². The minimum atomic E-state index is 0.737. The van der Waals surface area contributed by atoms with E-state index in [4.69, 9.17) is 9.47 Å². The maximum atomic E-state index is 5.54. The third-order valence-electron chi connectivity index (χ3n) is 3.40. The average Bonchev–Trinajstić information content (AvgIpc) is 2.73. The molecule has 0 atom stereocenters. The fourth-order valence-corrected chi connectivity index (χ4v) is 2.80. The summed E-state index contributed by atoms with van der Waals surface area (Å²) in [6.07, 6.45) is 1.09. The molecule has 0 unspecified atom stereocenters. The minimum Gasteiger partial charge on any atom is -0.383 e. The number of hydrogen-bond acceptors (Lipinski definition) is 4. The molecule has 1 aromatic carbocycles. The lowest BCUT2D eigenvalue weighted by Gasteiger charge is -2.25. The first-order valence-corrected chi connectivity index (χ1v) is 7.91. The van der Waals surface area contributed by atoms with Gasteiger partial charge in [0.1, 0.15) is 0 Å². The summed E-state index contributed by atoms with van der Waals surface area (Å²) >= 11 is 3.56. The van der Waals surface area contributed by atoms with Gasteiger partial charge in [0.15, 0.2) is 0 Å². The number of ether oxygens (including phenoxy) is 2. The number of halogens is 1. The molecule has 1 N–H and O–H groups in total. The van der Waals surface area contributed by atoms with Crippen LogP contribution in [0.5, 0.6) is 0 Å². The molecule has 2 rings (SSSR count). The molecule has 0 spiro atoms. The zero-order valence-corrected chi connectivity index (χ0v) is 13.6. The maximum Gasteiger partial charge on any atom is 0.0641 e. The number of benzene rings is 1. The molecule has 0 bridgehead atoms. The molecule has 1 aliphatic rings. The average molecular weight is 343 g/mol. The Hall–Kier alpha value is -0.620. The molecule has 1 aliphatic heterocycles. The van der Waals surface area contributed by atoms with E-state index >= 15 is 0 Å². The molecule has 1 aromatic rings. The van der Waals surface area contributed by atoms with E-state index in [0.29, 0.717) is 0 Å². The standard InChI is InChI=1S/C15H23BrN2O2/c1-19-9-5-17-12-13-11-14(16)3-4-15(13)18-6-2-8-20-10-7-18/h3-4,11,17H,2,5-10,12H2,1H3. The van der Waals surface area contributed by atoms with Crippen LogP contribution in [0.3, 0.4) is 0 Å². The molecular weight excluding hydrogens is 320 g/mol. The van der Waals surface area contributed by atoms with Crippen molar-refractivity contribution in [2.75, 3.05) is 51.5 Å². The number of hydrogen-bond donors (Lipinski definition) is 1. The van der Waals surface area contributed by atoms with Crippen LogP contribution in [-0.4, -0.2) is 46.6 Å². The van der Waals surface area contributed by atoms with Gasteiger partial charge in [0.25, 0.3) is 0 Å². The number of nitrogens with one attached hydrogen (secondary N) is 1. The van der Waals surface area contributed by atoms with Crippen molar-refractivity contribution in [1.29, 1.82) is 0 Å². The molecule has 1 heterocycles. The van der Waals surface area contributed by atoms with Gasteiger partial charge in [-0.3, -0.25) is 0 Å². The molecule has 4 nitrogen and oxygen atoms in total. The summed E-state index contributed by atoms with van der Waals surface area (Å²) in [5.74, 6) is 0. The third-order valence-corrected chi connectivity index (χ3v) is 3.90. The second kappa shape index (κ2) is 8.62. The van der Waals surface area contributed by atoms with E-state index in [9.17, 15) is 0 Å². The van der Waals surface area contributed by atoms with Crippen molar-refractivity contribution in [2.45, 2.75) is 13.0 Å². The number of rotatable bonds is 6. The molecule has 0 amide bonds. The topological polar surface area (TPSA) is 33.7 Å². The number of methoxy groups -OCH3 is 1. The van der Waals surface area contributed by atoms with Crippen molar-refractivity contribution in [3.8, 4) is 0 Å². The highest BCUT2D eigenvalue weighted by molar-refractivity contribution is 9.10. The summed E-state index contributed by atoms with van der Waals surface area (Å²) in [6.45, 7) is 6.17. The van der Waals surface area contributed by atoms with Crippen molar-refractivity contribution in [3.63, 3.8) is 0 Å². The van der Waals surface area contributed by atoms with Gasteiger partial charge in [-0.25, -0.2) is 0 Å². The Morgan fingerprint density at radius 2 is 2.25 bits per heavy atom. The van der Waals surface area contributed by atoms with E-state index in [2.05, 4.69) is 44.3 Å². The van der Waals surface area contributed by atoms with Crippen LogP contribution in [-0.2, 0) is 16.0 Å². The lowest BCUT2D eigenvalue weighted by atomic mass is 10.1. The van der Waals surface area contributed by atoms with E-state index in [-0.39, 0.29) is 0 Å². The van der Waals surface area contributed by atoms with Crippen LogP contribution in [0.4, 0.5) is 5.69 Å². The van der Waals surface area contributed by atoms with Crippen molar-refractivity contribution in [1.82, 2.24) is 5.32 Å². The Morgan fingerprint density at radius 3 is 3.10 bits per heavy atom. The van der Waals surface area contributed by atoms with Gasteiger partial charge in [-0.2, -0.15) is 0 Å². The van der Waals surface area contributed by atoms with Gasteiger partial charge in [0, 0.05) is 50.1 Å². The van der Waals surface area contributed by atoms with Crippen LogP contribution in [0.2, 0.25) is 0 Å². The Bertz CT molecular complexity index is 407. The highest BCUT2D eigenvalue weighted by Crippen LogP contribution is 2.25. The predicted molar refractivity (Wildman–Crippen MR) is 85.4 cm³/mol. The fourth-order valence-electron chi connectivity index (χ4n) is 2.39. The molecule has 5 heteroatoms. The molecule has 0 saturated carbocycles. The van der Waals surface area contributed by atoms with E-state index in [1.54, 1.807) is 7.11 Å². The molecule has 1 saturated heterocycles. The van der Waals surface area contributed by atoms with E-state index in [1.165, 1.54) is 11.3 Å². The van der Waals surface area contributed by atoms with Crippen molar-refractivity contribution >= 4 is 21.6 Å². The van der Waals surface area contributed by atoms with E-state index < -0.39 is 0 Å². The van der Waals surface area contributed by atoms with Crippen LogP contribution in [0.15, 0.2) is 22.7 Å². The Labute approximate surface area is 129 Å². The van der Waals surface area contributed by atoms with Gasteiger partial charge in [0.05, 0.1) is 13.2 Å². The first kappa shape index (κ1) is 15.8. The zero-order valence-electron chi connectivity index (χ0n) is 12.0. The van der Waals surface area contributed by atoms with Gasteiger partial charge < -0.3 is 19.7 Å². The Balaban J connectivity index is 2.05. The van der Waals surface area contributed by atoms with Crippen LogP contribution < -0.4 is 10.2 Å². The van der Waals surface area contributed by atoms with Gasteiger partial charge >= 0.3 is 0 Å². The van der Waals surface area contributed by atoms with Gasteiger partial charge in [-0.05, 0) is 30.2 Å². The molecule has 20 heavy (non-hydrogen) atoms. The summed E-state index contributed by atoms with van der Waals surface area (Å²) in [5, 5.41) is 3.42. The minimum absolute atomic E-state index is 0.737. The van der Waals surface area contributed by atoms with Crippen molar-refractivity contribution in [3.05, 3.63) is 28.2 Å². The molecule has 1 fully saturated rings. The quantitative estimate of drug-likeness (QED) is 0.805. The predicted octanol–water partition coefficient (Wildman–Crippen LogP) is 2.41. The van der Waals surface area contributed by atoms with Crippen LogP contribution in [0.25, 0.3) is 0 Å². The summed E-state index contributed by atoms with van der Waals surface area (Å²) < 4.78 is 11.7. The lowest BCUT2D eigenvalue weighted by Crippen LogP contribution is -2.28. The zero-order chi connectivity index (χ0) is 14.2. The second-order valence-electron chi connectivity index (χ2n) is 4.90. The van der Waals surface area contributed by atoms with Crippen molar-refractivity contribution < 1.29 is 9.47 Å². The normalized spacial score (nSPS) is 16.2. The van der Waals surface area contributed by atoms with Crippen molar-refractivity contribution in [2.24, 2.45) is 0 Å². The molecule has 112 valence electrons. The van der Waals surface area contributed by atoms with Gasteiger partial charge in [-0.15, -0.1) is 0 Å². The lowest BCUT2D eigenvalue weighted by molar-refractivity contribution is 0.152.